The second-order valence-corrected chi connectivity index (χ2v) is 10.7. The number of nitrogens with zero attached hydrogens (tertiary/aromatic N) is 5. The summed E-state index contributed by atoms with van der Waals surface area (Å²) in [5, 5.41) is 19.6. The Morgan fingerprint density at radius 3 is 2.88 bits per heavy atom. The predicted molar refractivity (Wildman–Crippen MR) is 156 cm³/mol. The van der Waals surface area contributed by atoms with Gasteiger partial charge in [0.2, 0.25) is 0 Å². The van der Waals surface area contributed by atoms with Crippen molar-refractivity contribution < 1.29 is 19.0 Å². The molecule has 2 aromatic carbocycles. The van der Waals surface area contributed by atoms with E-state index in [2.05, 4.69) is 30.0 Å². The Balaban J connectivity index is 1.33. The Morgan fingerprint density at radius 2 is 2.07 bits per heavy atom. The molecule has 3 N–H and O–H groups in total. The normalized spacial score (nSPS) is 16.9. The fourth-order valence-electron chi connectivity index (χ4n) is 5.50. The van der Waals surface area contributed by atoms with E-state index in [1.807, 2.05) is 6.07 Å². The highest BCUT2D eigenvalue weighted by molar-refractivity contribution is 6.31. The number of aliphatic hydroxyl groups is 1. The van der Waals surface area contributed by atoms with Crippen molar-refractivity contribution >= 4 is 28.5 Å². The highest BCUT2D eigenvalue weighted by atomic mass is 35.5. The SMILES string of the molecule is O=C(N[C@H]1CCC[C@@H](n2c(-c3ccccc3F)nc3cnc(-c4nc[nH]n4)cc32)C1)c1cc(Cl)ccc1OCCCO. The van der Waals surface area contributed by atoms with E-state index in [-0.39, 0.29) is 37.0 Å². The molecule has 5 aromatic rings. The molecule has 42 heavy (non-hydrogen) atoms. The second-order valence-electron chi connectivity index (χ2n) is 10.2. The summed E-state index contributed by atoms with van der Waals surface area (Å²) in [6.45, 7) is 0.271. The van der Waals surface area contributed by atoms with Crippen molar-refractivity contribution in [2.24, 2.45) is 0 Å². The number of amides is 1. The van der Waals surface area contributed by atoms with Crippen LogP contribution in [0.2, 0.25) is 5.02 Å². The molecule has 216 valence electrons. The third kappa shape index (κ3) is 5.70. The van der Waals surface area contributed by atoms with Crippen molar-refractivity contribution in [2.75, 3.05) is 13.2 Å². The molecule has 6 rings (SSSR count). The number of nitrogens with one attached hydrogen (secondary N) is 2. The van der Waals surface area contributed by atoms with Gasteiger partial charge in [0.1, 0.15) is 34.9 Å². The first kappa shape index (κ1) is 27.8. The quantitative estimate of drug-likeness (QED) is 0.198. The third-order valence-electron chi connectivity index (χ3n) is 7.43. The number of halogens is 2. The molecule has 0 saturated heterocycles. The zero-order valence-electron chi connectivity index (χ0n) is 22.6. The standard InChI is InChI=1S/C30H29ClFN7O3/c31-18-9-10-27(42-12-4-11-40)22(13-18)30(41)36-19-5-3-6-20(14-19)39-26-15-24(28-34-17-35-38-28)33-16-25(26)37-29(39)21-7-1-2-8-23(21)32/h1-2,7-10,13,15-17,19-20,40H,3-6,11-12,14H2,(H,36,41)(H,34,35,38)/t19-,20+/m0/s1. The molecule has 3 heterocycles. The van der Waals surface area contributed by atoms with Crippen molar-refractivity contribution in [1.82, 2.24) is 35.0 Å². The van der Waals surface area contributed by atoms with Gasteiger partial charge in [0.05, 0.1) is 29.4 Å². The predicted octanol–water partition coefficient (Wildman–Crippen LogP) is 5.35. The van der Waals surface area contributed by atoms with Crippen LogP contribution in [-0.2, 0) is 0 Å². The number of rotatable bonds is 9. The van der Waals surface area contributed by atoms with Crippen LogP contribution in [-0.4, -0.2) is 60.0 Å². The van der Waals surface area contributed by atoms with Gasteiger partial charge in [-0.1, -0.05) is 23.7 Å². The molecule has 10 nitrogen and oxygen atoms in total. The minimum atomic E-state index is -0.369. The number of hydrogen-bond acceptors (Lipinski definition) is 7. The molecule has 2 atom stereocenters. The average Bonchev–Trinajstić information content (AvgIpc) is 3.67. The number of ether oxygens (including phenoxy) is 1. The molecule has 0 unspecified atom stereocenters. The number of aromatic nitrogens is 6. The number of fused-ring (bicyclic) bond motifs is 1. The summed E-state index contributed by atoms with van der Waals surface area (Å²) in [5.41, 5.74) is 2.71. The number of carbonyl (C=O) groups is 1. The number of carbonyl (C=O) groups excluding carboxylic acids is 1. The van der Waals surface area contributed by atoms with Crippen LogP contribution in [0.3, 0.4) is 0 Å². The molecule has 1 aliphatic rings. The van der Waals surface area contributed by atoms with E-state index in [1.54, 1.807) is 42.6 Å². The third-order valence-corrected chi connectivity index (χ3v) is 7.66. The largest absolute Gasteiger partial charge is 0.493 e. The minimum absolute atomic E-state index is 0.00779. The van der Waals surface area contributed by atoms with Crippen molar-refractivity contribution in [3.63, 3.8) is 0 Å². The van der Waals surface area contributed by atoms with Gasteiger partial charge in [0, 0.05) is 30.1 Å². The summed E-state index contributed by atoms with van der Waals surface area (Å²) in [6.07, 6.45) is 6.66. The van der Waals surface area contributed by atoms with Crippen LogP contribution in [0.4, 0.5) is 4.39 Å². The summed E-state index contributed by atoms with van der Waals surface area (Å²) >= 11 is 6.22. The highest BCUT2D eigenvalue weighted by Crippen LogP contribution is 2.37. The Morgan fingerprint density at radius 1 is 1.19 bits per heavy atom. The lowest BCUT2D eigenvalue weighted by Crippen LogP contribution is -2.39. The van der Waals surface area contributed by atoms with Gasteiger partial charge in [-0.3, -0.25) is 14.9 Å². The number of H-pyrrole nitrogens is 1. The number of imidazole rings is 1. The van der Waals surface area contributed by atoms with Crippen molar-refractivity contribution in [2.45, 2.75) is 44.2 Å². The van der Waals surface area contributed by atoms with Crippen molar-refractivity contribution in [3.05, 3.63) is 77.5 Å². The molecule has 0 radical (unpaired) electrons. The molecule has 1 fully saturated rings. The van der Waals surface area contributed by atoms with Crippen molar-refractivity contribution in [1.29, 1.82) is 0 Å². The zero-order chi connectivity index (χ0) is 29.1. The van der Waals surface area contributed by atoms with E-state index in [0.29, 0.717) is 57.6 Å². The first-order valence-corrected chi connectivity index (χ1v) is 14.2. The Kier molecular flexibility index (Phi) is 8.11. The lowest BCUT2D eigenvalue weighted by molar-refractivity contribution is 0.0916. The molecule has 0 aliphatic heterocycles. The average molecular weight is 590 g/mol. The number of aromatic amines is 1. The molecular weight excluding hydrogens is 561 g/mol. The van der Waals surface area contributed by atoms with Crippen LogP contribution >= 0.6 is 11.6 Å². The highest BCUT2D eigenvalue weighted by Gasteiger charge is 2.30. The van der Waals surface area contributed by atoms with E-state index in [0.717, 1.165) is 24.8 Å². The summed E-state index contributed by atoms with van der Waals surface area (Å²) in [7, 11) is 0. The van der Waals surface area contributed by atoms with Gasteiger partial charge in [-0.25, -0.2) is 14.4 Å². The maximum absolute atomic E-state index is 15.1. The van der Waals surface area contributed by atoms with E-state index in [9.17, 15) is 4.79 Å². The molecular formula is C30H29ClFN7O3. The lowest BCUT2D eigenvalue weighted by Gasteiger charge is -2.32. The summed E-state index contributed by atoms with van der Waals surface area (Å²) < 4.78 is 22.9. The molecule has 0 bridgehead atoms. The van der Waals surface area contributed by atoms with Crippen LogP contribution in [0.25, 0.3) is 33.9 Å². The zero-order valence-corrected chi connectivity index (χ0v) is 23.4. The lowest BCUT2D eigenvalue weighted by atomic mass is 9.90. The molecule has 12 heteroatoms. The van der Waals surface area contributed by atoms with Crippen LogP contribution in [0, 0.1) is 5.82 Å². The Hall–Kier alpha value is -4.35. The van der Waals surface area contributed by atoms with Gasteiger partial charge in [-0.15, -0.1) is 0 Å². The van der Waals surface area contributed by atoms with E-state index >= 15 is 4.39 Å². The van der Waals surface area contributed by atoms with Gasteiger partial charge in [-0.05, 0) is 62.1 Å². The van der Waals surface area contributed by atoms with Gasteiger partial charge < -0.3 is 19.7 Å². The summed E-state index contributed by atoms with van der Waals surface area (Å²) in [6, 6.07) is 13.1. The summed E-state index contributed by atoms with van der Waals surface area (Å²) in [4.78, 5) is 27.0. The first-order valence-electron chi connectivity index (χ1n) is 13.8. The molecule has 0 spiro atoms. The van der Waals surface area contributed by atoms with E-state index < -0.39 is 0 Å². The van der Waals surface area contributed by atoms with Gasteiger partial charge in [-0.2, -0.15) is 5.10 Å². The number of benzene rings is 2. The van der Waals surface area contributed by atoms with E-state index in [4.69, 9.17) is 26.4 Å². The number of pyridine rings is 1. The van der Waals surface area contributed by atoms with E-state index in [1.165, 1.54) is 12.4 Å². The number of hydrogen-bond donors (Lipinski definition) is 3. The fraction of sp³-hybridized carbons (Fsp3) is 0.300. The van der Waals surface area contributed by atoms with Crippen LogP contribution in [0.1, 0.15) is 48.5 Å². The minimum Gasteiger partial charge on any atom is -0.493 e. The molecule has 1 saturated carbocycles. The van der Waals surface area contributed by atoms with Gasteiger partial charge in [0.15, 0.2) is 5.82 Å². The molecule has 3 aromatic heterocycles. The monoisotopic (exact) mass is 589 g/mol. The topological polar surface area (TPSA) is 131 Å². The first-order chi connectivity index (χ1) is 20.5. The van der Waals surface area contributed by atoms with Crippen LogP contribution < -0.4 is 10.1 Å². The fourth-order valence-corrected chi connectivity index (χ4v) is 5.67. The maximum Gasteiger partial charge on any atom is 0.255 e. The Labute approximate surface area is 245 Å². The second kappa shape index (κ2) is 12.3. The summed E-state index contributed by atoms with van der Waals surface area (Å²) in [5.74, 6) is 0.703. The maximum atomic E-state index is 15.1. The van der Waals surface area contributed by atoms with Gasteiger partial charge >= 0.3 is 0 Å². The van der Waals surface area contributed by atoms with Crippen molar-refractivity contribution in [3.8, 4) is 28.7 Å². The smallest absolute Gasteiger partial charge is 0.255 e. The molecule has 1 aliphatic carbocycles. The van der Waals surface area contributed by atoms with Gasteiger partial charge in [0.25, 0.3) is 5.91 Å². The number of aliphatic hydroxyl groups excluding tert-OH is 1. The van der Waals surface area contributed by atoms with Crippen LogP contribution in [0.5, 0.6) is 5.75 Å². The molecule has 1 amide bonds. The van der Waals surface area contributed by atoms with Crippen LogP contribution in [0.15, 0.2) is 61.1 Å². The Bertz CT molecular complexity index is 1710.